The van der Waals surface area contributed by atoms with E-state index in [9.17, 15) is 9.59 Å². The molecule has 0 bridgehead atoms. The number of esters is 2. The summed E-state index contributed by atoms with van der Waals surface area (Å²) in [5.41, 5.74) is 0. The molecule has 5 heteroatoms. The van der Waals surface area contributed by atoms with Gasteiger partial charge in [-0.3, -0.25) is 9.59 Å². The largest absolute Gasteiger partial charge is 0.462 e. The van der Waals surface area contributed by atoms with Crippen LogP contribution in [-0.2, 0) is 23.8 Å². The summed E-state index contributed by atoms with van der Waals surface area (Å²) in [6.07, 6.45) is 71.7. The summed E-state index contributed by atoms with van der Waals surface area (Å²) in [5.74, 6) is -0.433. The Morgan fingerprint density at radius 2 is 0.734 bits per heavy atom. The van der Waals surface area contributed by atoms with E-state index in [2.05, 4.69) is 106 Å². The number of carbonyl (C=O) groups excluding carboxylic acids is 2. The first-order valence-electron chi connectivity index (χ1n) is 27.1. The maximum absolute atomic E-state index is 12.8. The van der Waals surface area contributed by atoms with Gasteiger partial charge >= 0.3 is 11.9 Å². The molecule has 1 atom stereocenters. The van der Waals surface area contributed by atoms with Gasteiger partial charge in [0.15, 0.2) is 6.10 Å². The fourth-order valence-corrected chi connectivity index (χ4v) is 7.36. The molecule has 0 aliphatic heterocycles. The van der Waals surface area contributed by atoms with Gasteiger partial charge in [-0.05, 0) is 109 Å². The van der Waals surface area contributed by atoms with E-state index in [-0.39, 0.29) is 25.2 Å². The molecule has 0 aromatic rings. The quantitative estimate of drug-likeness (QED) is 0.0346. The van der Waals surface area contributed by atoms with Gasteiger partial charge in [0, 0.05) is 19.4 Å². The van der Waals surface area contributed by atoms with E-state index in [0.717, 1.165) is 103 Å². The van der Waals surface area contributed by atoms with Crippen molar-refractivity contribution in [2.45, 2.75) is 258 Å². The first-order chi connectivity index (χ1) is 31.6. The molecule has 0 aliphatic carbocycles. The number of hydrogen-bond acceptors (Lipinski definition) is 5. The predicted octanol–water partition coefficient (Wildman–Crippen LogP) is 18.5. The molecule has 0 rings (SSSR count). The van der Waals surface area contributed by atoms with Gasteiger partial charge in [0.1, 0.15) is 6.61 Å². The van der Waals surface area contributed by atoms with Crippen molar-refractivity contribution in [1.82, 2.24) is 0 Å². The second-order valence-electron chi connectivity index (χ2n) is 17.7. The molecule has 0 N–H and O–H groups in total. The van der Waals surface area contributed by atoms with Crippen molar-refractivity contribution in [3.05, 3.63) is 85.1 Å². The van der Waals surface area contributed by atoms with Crippen LogP contribution in [0.5, 0.6) is 0 Å². The maximum Gasteiger partial charge on any atom is 0.306 e. The van der Waals surface area contributed by atoms with Crippen molar-refractivity contribution in [2.75, 3.05) is 19.8 Å². The zero-order valence-corrected chi connectivity index (χ0v) is 42.3. The lowest BCUT2D eigenvalue weighted by Crippen LogP contribution is -2.30. The lowest BCUT2D eigenvalue weighted by Gasteiger charge is -2.18. The average Bonchev–Trinajstić information content (AvgIpc) is 3.30. The topological polar surface area (TPSA) is 61.8 Å². The molecule has 0 spiro atoms. The number of rotatable bonds is 49. The highest BCUT2D eigenvalue weighted by Gasteiger charge is 2.17. The maximum atomic E-state index is 12.8. The minimum absolute atomic E-state index is 0.0665. The Morgan fingerprint density at radius 3 is 1.19 bits per heavy atom. The van der Waals surface area contributed by atoms with Gasteiger partial charge in [0.05, 0.1) is 6.61 Å². The van der Waals surface area contributed by atoms with Crippen molar-refractivity contribution >= 4 is 11.9 Å². The smallest absolute Gasteiger partial charge is 0.306 e. The Labute approximate surface area is 397 Å². The van der Waals surface area contributed by atoms with E-state index in [1.807, 2.05) is 0 Å². The number of allylic oxidation sites excluding steroid dienone is 14. The van der Waals surface area contributed by atoms with Crippen LogP contribution >= 0.6 is 0 Å². The molecule has 0 aromatic heterocycles. The summed E-state index contributed by atoms with van der Waals surface area (Å²) in [7, 11) is 0. The highest BCUT2D eigenvalue weighted by atomic mass is 16.6. The van der Waals surface area contributed by atoms with Crippen molar-refractivity contribution in [1.29, 1.82) is 0 Å². The van der Waals surface area contributed by atoms with Crippen LogP contribution in [-0.4, -0.2) is 37.9 Å². The summed E-state index contributed by atoms with van der Waals surface area (Å²) >= 11 is 0. The molecule has 0 aliphatic rings. The first kappa shape index (κ1) is 61.1. The van der Waals surface area contributed by atoms with Crippen LogP contribution < -0.4 is 0 Å². The molecule has 64 heavy (non-hydrogen) atoms. The van der Waals surface area contributed by atoms with Gasteiger partial charge in [-0.2, -0.15) is 0 Å². The molecule has 1 unspecified atom stereocenters. The Kier molecular flexibility index (Phi) is 51.9. The number of unbranched alkanes of at least 4 members (excludes halogenated alkanes) is 24. The zero-order chi connectivity index (χ0) is 46.3. The molecule has 5 nitrogen and oxygen atoms in total. The molecular weight excluding hydrogens is 789 g/mol. The van der Waals surface area contributed by atoms with E-state index in [0.29, 0.717) is 19.4 Å². The molecule has 368 valence electrons. The Bertz CT molecular complexity index is 1190. The molecular formula is C59H102O5. The molecule has 0 radical (unpaired) electrons. The summed E-state index contributed by atoms with van der Waals surface area (Å²) in [4.78, 5) is 25.4. The van der Waals surface area contributed by atoms with Crippen LogP contribution in [0.2, 0.25) is 0 Å². The van der Waals surface area contributed by atoms with Gasteiger partial charge in [-0.15, -0.1) is 0 Å². The first-order valence-corrected chi connectivity index (χ1v) is 27.1. The molecule has 0 saturated heterocycles. The van der Waals surface area contributed by atoms with E-state index in [4.69, 9.17) is 14.2 Å². The van der Waals surface area contributed by atoms with Gasteiger partial charge in [-0.25, -0.2) is 0 Å². The lowest BCUT2D eigenvalue weighted by molar-refractivity contribution is -0.163. The third-order valence-corrected chi connectivity index (χ3v) is 11.4. The van der Waals surface area contributed by atoms with Crippen LogP contribution in [0.15, 0.2) is 85.1 Å². The highest BCUT2D eigenvalue weighted by Crippen LogP contribution is 2.14. The Balaban J connectivity index is 4.28. The molecule has 0 heterocycles. The summed E-state index contributed by atoms with van der Waals surface area (Å²) < 4.78 is 17.4. The number of carbonyl (C=O) groups is 2. The fraction of sp³-hybridized carbons (Fsp3) is 0.729. The molecule has 0 saturated carbocycles. The average molecular weight is 891 g/mol. The number of ether oxygens (including phenoxy) is 3. The van der Waals surface area contributed by atoms with E-state index < -0.39 is 6.10 Å². The normalized spacial score (nSPS) is 12.9. The van der Waals surface area contributed by atoms with E-state index >= 15 is 0 Å². The Hall–Kier alpha value is -2.92. The van der Waals surface area contributed by atoms with Crippen LogP contribution in [0.4, 0.5) is 0 Å². The van der Waals surface area contributed by atoms with Gasteiger partial charge in [-0.1, -0.05) is 215 Å². The molecule has 0 fully saturated rings. The third kappa shape index (κ3) is 51.7. The predicted molar refractivity (Wildman–Crippen MR) is 279 cm³/mol. The SMILES string of the molecule is CC/C=C\C/C=C\C/C=C\CCCCCCCC(=O)OCC(COCCCCCCCCCCCC/C=C\C/C=C\CCCCC)OC(=O)CCCCCCC/C=C\C/C=C\CCC. The van der Waals surface area contributed by atoms with Crippen LogP contribution in [0.3, 0.4) is 0 Å². The van der Waals surface area contributed by atoms with Crippen molar-refractivity contribution in [2.24, 2.45) is 0 Å². The molecule has 0 amide bonds. The fourth-order valence-electron chi connectivity index (χ4n) is 7.36. The highest BCUT2D eigenvalue weighted by molar-refractivity contribution is 5.70. The second kappa shape index (κ2) is 54.4. The standard InChI is InChI=1S/C59H102O5/c1-4-7-10-13-16-19-22-25-27-28-29-30-31-33-36-39-42-45-48-51-54-62-55-57(64-59(61)53-50-47-44-41-38-34-24-21-18-15-12-9-6-3)56-63-58(60)52-49-46-43-40-37-35-32-26-23-20-17-14-11-8-5-2/h8,11-12,15-17,19-21,24-27,32,57H,4-7,9-10,13-14,18,22-23,28-31,33-56H2,1-3H3/b11-8-,15-12-,19-16-,20-17-,24-21-,27-25-,32-26-. The van der Waals surface area contributed by atoms with Gasteiger partial charge < -0.3 is 14.2 Å². The van der Waals surface area contributed by atoms with E-state index in [1.54, 1.807) is 0 Å². The second-order valence-corrected chi connectivity index (χ2v) is 17.7. The summed E-state index contributed by atoms with van der Waals surface area (Å²) in [5, 5.41) is 0. The van der Waals surface area contributed by atoms with Crippen LogP contribution in [0.25, 0.3) is 0 Å². The van der Waals surface area contributed by atoms with Crippen molar-refractivity contribution in [3.63, 3.8) is 0 Å². The van der Waals surface area contributed by atoms with Crippen LogP contribution in [0.1, 0.15) is 252 Å². The van der Waals surface area contributed by atoms with Crippen molar-refractivity contribution in [3.8, 4) is 0 Å². The summed E-state index contributed by atoms with van der Waals surface area (Å²) in [6.45, 7) is 7.60. The van der Waals surface area contributed by atoms with Gasteiger partial charge in [0.2, 0.25) is 0 Å². The van der Waals surface area contributed by atoms with Crippen LogP contribution in [0, 0.1) is 0 Å². The minimum Gasteiger partial charge on any atom is -0.462 e. The lowest BCUT2D eigenvalue weighted by atomic mass is 10.1. The number of hydrogen-bond donors (Lipinski definition) is 0. The Morgan fingerprint density at radius 1 is 0.359 bits per heavy atom. The monoisotopic (exact) mass is 891 g/mol. The summed E-state index contributed by atoms with van der Waals surface area (Å²) in [6, 6.07) is 0. The van der Waals surface area contributed by atoms with Crippen molar-refractivity contribution < 1.29 is 23.8 Å². The molecule has 0 aromatic carbocycles. The minimum atomic E-state index is -0.556. The van der Waals surface area contributed by atoms with E-state index in [1.165, 1.54) is 116 Å². The zero-order valence-electron chi connectivity index (χ0n) is 42.3. The third-order valence-electron chi connectivity index (χ3n) is 11.4. The van der Waals surface area contributed by atoms with Gasteiger partial charge in [0.25, 0.3) is 0 Å².